The Hall–Kier alpha value is -1.89. The first-order valence-corrected chi connectivity index (χ1v) is 7.18. The number of halogens is 3. The second-order valence-electron chi connectivity index (χ2n) is 4.61. The Balaban J connectivity index is 0.00000264. The predicted octanol–water partition coefficient (Wildman–Crippen LogP) is 3.15. The summed E-state index contributed by atoms with van der Waals surface area (Å²) < 4.78 is 13.7. The molecule has 8 heteroatoms. The summed E-state index contributed by atoms with van der Waals surface area (Å²) in [6, 6.07) is 9.58. The standard InChI is InChI=1S/C16H19FN4O.2ClH/c1-2-18-10-11-20-16(22)12-6-5-9-19-15(12)21-14-8-4-3-7-13(14)17;;/h3-9,18H,2,10-11H2,1H3,(H,19,21)(H,20,22);2*1H. The average molecular weight is 375 g/mol. The maximum atomic E-state index is 13.7. The molecule has 132 valence electrons. The first kappa shape index (κ1) is 22.1. The highest BCUT2D eigenvalue weighted by molar-refractivity contribution is 5.99. The number of benzene rings is 1. The van der Waals surface area contributed by atoms with Crippen LogP contribution in [0.15, 0.2) is 42.6 Å². The molecule has 1 aromatic heterocycles. The number of carbonyl (C=O) groups excluding carboxylic acids is 1. The summed E-state index contributed by atoms with van der Waals surface area (Å²) in [4.78, 5) is 16.3. The predicted molar refractivity (Wildman–Crippen MR) is 99.3 cm³/mol. The first-order valence-electron chi connectivity index (χ1n) is 7.18. The quantitative estimate of drug-likeness (QED) is 0.651. The number of amides is 1. The fraction of sp³-hybridized carbons (Fsp3) is 0.250. The maximum absolute atomic E-state index is 13.7. The van der Waals surface area contributed by atoms with Crippen LogP contribution in [0.3, 0.4) is 0 Å². The molecule has 1 amide bonds. The lowest BCUT2D eigenvalue weighted by Crippen LogP contribution is -2.32. The number of anilines is 2. The Kier molecular flexibility index (Phi) is 10.7. The molecule has 0 radical (unpaired) electrons. The van der Waals surface area contributed by atoms with Crippen molar-refractivity contribution in [2.24, 2.45) is 0 Å². The van der Waals surface area contributed by atoms with Crippen molar-refractivity contribution < 1.29 is 9.18 Å². The van der Waals surface area contributed by atoms with Crippen molar-refractivity contribution in [1.82, 2.24) is 15.6 Å². The molecule has 0 bridgehead atoms. The summed E-state index contributed by atoms with van der Waals surface area (Å²) >= 11 is 0. The Morgan fingerprint density at radius 1 is 1.12 bits per heavy atom. The second-order valence-corrected chi connectivity index (χ2v) is 4.61. The van der Waals surface area contributed by atoms with E-state index in [0.29, 0.717) is 24.5 Å². The molecule has 0 saturated heterocycles. The van der Waals surface area contributed by atoms with Crippen molar-refractivity contribution in [2.75, 3.05) is 25.0 Å². The normalized spacial score (nSPS) is 9.42. The number of hydrogen-bond acceptors (Lipinski definition) is 4. The Morgan fingerprint density at radius 2 is 1.88 bits per heavy atom. The minimum absolute atomic E-state index is 0. The van der Waals surface area contributed by atoms with Gasteiger partial charge in [0.05, 0.1) is 11.3 Å². The van der Waals surface area contributed by atoms with Crippen molar-refractivity contribution >= 4 is 42.2 Å². The number of rotatable bonds is 7. The Bertz CT molecular complexity index is 643. The summed E-state index contributed by atoms with van der Waals surface area (Å²) in [5.74, 6) is -0.315. The minimum Gasteiger partial charge on any atom is -0.351 e. The summed E-state index contributed by atoms with van der Waals surface area (Å²) in [7, 11) is 0. The molecular formula is C16H21Cl2FN4O. The lowest BCUT2D eigenvalue weighted by atomic mass is 10.2. The zero-order valence-corrected chi connectivity index (χ0v) is 14.8. The molecule has 0 saturated carbocycles. The van der Waals surface area contributed by atoms with E-state index in [1.807, 2.05) is 6.92 Å². The van der Waals surface area contributed by atoms with Crippen molar-refractivity contribution in [3.8, 4) is 0 Å². The van der Waals surface area contributed by atoms with Crippen molar-refractivity contribution in [3.63, 3.8) is 0 Å². The summed E-state index contributed by atoms with van der Waals surface area (Å²) in [5, 5.41) is 8.78. The highest BCUT2D eigenvalue weighted by Crippen LogP contribution is 2.20. The molecular weight excluding hydrogens is 354 g/mol. The van der Waals surface area contributed by atoms with Crippen molar-refractivity contribution in [1.29, 1.82) is 0 Å². The molecule has 0 spiro atoms. The van der Waals surface area contributed by atoms with Gasteiger partial charge in [-0.05, 0) is 30.8 Å². The molecule has 24 heavy (non-hydrogen) atoms. The van der Waals surface area contributed by atoms with Gasteiger partial charge in [-0.25, -0.2) is 9.37 Å². The van der Waals surface area contributed by atoms with Gasteiger partial charge in [0.25, 0.3) is 5.91 Å². The van der Waals surface area contributed by atoms with Gasteiger partial charge in [0.15, 0.2) is 0 Å². The van der Waals surface area contributed by atoms with E-state index in [4.69, 9.17) is 0 Å². The summed E-state index contributed by atoms with van der Waals surface area (Å²) in [6.45, 7) is 4.06. The fourth-order valence-corrected chi connectivity index (χ4v) is 1.91. The molecule has 1 aromatic carbocycles. The SMILES string of the molecule is CCNCCNC(=O)c1cccnc1Nc1ccccc1F.Cl.Cl. The molecule has 2 rings (SSSR count). The average Bonchev–Trinajstić information content (AvgIpc) is 2.54. The third-order valence-electron chi connectivity index (χ3n) is 3.02. The number of nitrogens with zero attached hydrogens (tertiary/aromatic N) is 1. The van der Waals surface area contributed by atoms with Crippen LogP contribution in [0.5, 0.6) is 0 Å². The van der Waals surface area contributed by atoms with Crippen LogP contribution in [0.1, 0.15) is 17.3 Å². The third kappa shape index (κ3) is 6.31. The van der Waals surface area contributed by atoms with Gasteiger partial charge in [-0.15, -0.1) is 24.8 Å². The molecule has 0 fully saturated rings. The van der Waals surface area contributed by atoms with Gasteiger partial charge in [-0.2, -0.15) is 0 Å². The summed E-state index contributed by atoms with van der Waals surface area (Å²) in [5.41, 5.74) is 0.658. The lowest BCUT2D eigenvalue weighted by molar-refractivity contribution is 0.0954. The Labute approximate surface area is 153 Å². The number of pyridine rings is 1. The molecule has 2 aromatic rings. The highest BCUT2D eigenvalue weighted by atomic mass is 35.5. The highest BCUT2D eigenvalue weighted by Gasteiger charge is 2.13. The van der Waals surface area contributed by atoms with Crippen molar-refractivity contribution in [3.05, 3.63) is 54.0 Å². The molecule has 0 atom stereocenters. The van der Waals surface area contributed by atoms with Gasteiger partial charge in [0, 0.05) is 19.3 Å². The lowest BCUT2D eigenvalue weighted by Gasteiger charge is -2.11. The molecule has 1 heterocycles. The number of nitrogens with one attached hydrogen (secondary N) is 3. The van der Waals surface area contributed by atoms with E-state index in [9.17, 15) is 9.18 Å². The smallest absolute Gasteiger partial charge is 0.255 e. The van der Waals surface area contributed by atoms with Crippen LogP contribution < -0.4 is 16.0 Å². The number of likely N-dealkylation sites (N-methyl/N-ethyl adjacent to an activating group) is 1. The van der Waals surface area contributed by atoms with E-state index < -0.39 is 5.82 Å². The van der Waals surface area contributed by atoms with E-state index in [1.165, 1.54) is 6.07 Å². The topological polar surface area (TPSA) is 66.0 Å². The van der Waals surface area contributed by atoms with E-state index in [0.717, 1.165) is 6.54 Å². The molecule has 0 aliphatic heterocycles. The van der Waals surface area contributed by atoms with Crippen molar-refractivity contribution in [2.45, 2.75) is 6.92 Å². The number of carbonyl (C=O) groups is 1. The number of para-hydroxylation sites is 1. The Morgan fingerprint density at radius 3 is 2.58 bits per heavy atom. The molecule has 0 aliphatic carbocycles. The monoisotopic (exact) mass is 374 g/mol. The van der Waals surface area contributed by atoms with Gasteiger partial charge >= 0.3 is 0 Å². The van der Waals surface area contributed by atoms with Gasteiger partial charge in [-0.3, -0.25) is 4.79 Å². The van der Waals surface area contributed by atoms with Crippen LogP contribution in [0.4, 0.5) is 15.9 Å². The van der Waals surface area contributed by atoms with E-state index >= 15 is 0 Å². The number of hydrogen-bond donors (Lipinski definition) is 3. The largest absolute Gasteiger partial charge is 0.351 e. The van der Waals surface area contributed by atoms with Crippen LogP contribution in [0.2, 0.25) is 0 Å². The van der Waals surface area contributed by atoms with Gasteiger partial charge in [0.1, 0.15) is 11.6 Å². The van der Waals surface area contributed by atoms with E-state index in [1.54, 1.807) is 36.5 Å². The fourth-order valence-electron chi connectivity index (χ4n) is 1.91. The van der Waals surface area contributed by atoms with Gasteiger partial charge < -0.3 is 16.0 Å². The minimum atomic E-state index is -0.397. The zero-order valence-electron chi connectivity index (χ0n) is 13.2. The van der Waals surface area contributed by atoms with Gasteiger partial charge in [-0.1, -0.05) is 19.1 Å². The summed E-state index contributed by atoms with van der Waals surface area (Å²) in [6.07, 6.45) is 1.55. The van der Waals surface area contributed by atoms with Crippen LogP contribution in [0, 0.1) is 5.82 Å². The molecule has 3 N–H and O–H groups in total. The first-order chi connectivity index (χ1) is 10.7. The second kappa shape index (κ2) is 11.6. The van der Waals surface area contributed by atoms with E-state index in [2.05, 4.69) is 20.9 Å². The molecule has 5 nitrogen and oxygen atoms in total. The number of aromatic nitrogens is 1. The zero-order chi connectivity index (χ0) is 15.8. The third-order valence-corrected chi connectivity index (χ3v) is 3.02. The molecule has 0 aliphatic rings. The maximum Gasteiger partial charge on any atom is 0.255 e. The van der Waals surface area contributed by atoms with Crippen LogP contribution in [-0.4, -0.2) is 30.5 Å². The van der Waals surface area contributed by atoms with Crippen LogP contribution in [0.25, 0.3) is 0 Å². The van der Waals surface area contributed by atoms with Gasteiger partial charge in [0.2, 0.25) is 0 Å². The molecule has 0 unspecified atom stereocenters. The van der Waals surface area contributed by atoms with E-state index in [-0.39, 0.29) is 36.4 Å². The van der Waals surface area contributed by atoms with Crippen LogP contribution in [-0.2, 0) is 0 Å². The van der Waals surface area contributed by atoms with Crippen LogP contribution >= 0.6 is 24.8 Å².